The molecule has 4 N–H and O–H groups in total. The summed E-state index contributed by atoms with van der Waals surface area (Å²) in [6, 6.07) is 11.1. The number of hydrogen-bond acceptors (Lipinski definition) is 9. The number of nitrogens with two attached hydrogens (primary N) is 1. The number of fused-ring (bicyclic) bond motifs is 1. The minimum atomic E-state index is -0.855. The highest BCUT2D eigenvalue weighted by Gasteiger charge is 2.24. The third-order valence-electron chi connectivity index (χ3n) is 6.47. The number of aromatic nitrogens is 4. The maximum absolute atomic E-state index is 14.7. The summed E-state index contributed by atoms with van der Waals surface area (Å²) in [5.41, 5.74) is 5.59. The van der Waals surface area contributed by atoms with Crippen molar-refractivity contribution in [3.05, 3.63) is 111 Å². The highest BCUT2D eigenvalue weighted by atomic mass is 19.1. The van der Waals surface area contributed by atoms with Crippen LogP contribution in [0.1, 0.15) is 35.3 Å². The van der Waals surface area contributed by atoms with Crippen molar-refractivity contribution < 1.29 is 17.9 Å². The number of pyridine rings is 1. The molecule has 13 heteroatoms. The smallest absolute Gasteiger partial charge is 0.266 e. The third kappa shape index (κ3) is 4.97. The zero-order valence-corrected chi connectivity index (χ0v) is 22.1. The van der Waals surface area contributed by atoms with Crippen LogP contribution in [0.25, 0.3) is 16.8 Å². The Morgan fingerprint density at radius 1 is 1.14 bits per heavy atom. The lowest BCUT2D eigenvalue weighted by Gasteiger charge is -2.21. The summed E-state index contributed by atoms with van der Waals surface area (Å²) in [5, 5.41) is 21.3. The molecule has 5 rings (SSSR count). The summed E-state index contributed by atoms with van der Waals surface area (Å²) >= 11 is 0. The van der Waals surface area contributed by atoms with Crippen LogP contribution in [0.3, 0.4) is 0 Å². The van der Waals surface area contributed by atoms with Gasteiger partial charge in [0.25, 0.3) is 5.56 Å². The average Bonchev–Trinajstić information content (AvgIpc) is 2.96. The second kappa shape index (κ2) is 11.0. The number of nitriles is 1. The van der Waals surface area contributed by atoms with E-state index in [9.17, 15) is 23.2 Å². The fourth-order valence-electron chi connectivity index (χ4n) is 4.56. The molecule has 1 atom stereocenters. The Morgan fingerprint density at radius 3 is 2.64 bits per heavy atom. The molecule has 3 heterocycles. The van der Waals surface area contributed by atoms with E-state index in [-0.39, 0.29) is 62.3 Å². The van der Waals surface area contributed by atoms with Crippen LogP contribution in [0.2, 0.25) is 0 Å². The number of nitrogens with zero attached hydrogens (tertiary/aromatic N) is 5. The topological polar surface area (TPSA) is 155 Å². The molecular formula is C29H21F3N8O2. The minimum absolute atomic E-state index is 0.00611. The Bertz CT molecular complexity index is 1990. The third-order valence-corrected chi connectivity index (χ3v) is 6.47. The van der Waals surface area contributed by atoms with Crippen molar-refractivity contribution in [2.24, 2.45) is 0 Å². The number of benzene rings is 2. The van der Waals surface area contributed by atoms with Gasteiger partial charge in [0.05, 0.1) is 41.2 Å². The van der Waals surface area contributed by atoms with E-state index in [2.05, 4.69) is 20.3 Å². The summed E-state index contributed by atoms with van der Waals surface area (Å²) in [4.78, 5) is 26.3. The normalized spacial score (nSPS) is 11.6. The van der Waals surface area contributed by atoms with Crippen molar-refractivity contribution in [1.29, 1.82) is 10.7 Å². The van der Waals surface area contributed by atoms with Gasteiger partial charge >= 0.3 is 0 Å². The van der Waals surface area contributed by atoms with Crippen LogP contribution < -0.4 is 21.3 Å². The van der Waals surface area contributed by atoms with Gasteiger partial charge in [0.1, 0.15) is 41.3 Å². The summed E-state index contributed by atoms with van der Waals surface area (Å²) < 4.78 is 48.9. The van der Waals surface area contributed by atoms with E-state index >= 15 is 0 Å². The lowest BCUT2D eigenvalue weighted by atomic mass is 9.99. The molecule has 0 saturated heterocycles. The summed E-state index contributed by atoms with van der Waals surface area (Å²) in [6.07, 6.45) is 2.14. The lowest BCUT2D eigenvalue weighted by Crippen LogP contribution is -2.24. The first-order valence-electron chi connectivity index (χ1n) is 12.3. The van der Waals surface area contributed by atoms with Crippen molar-refractivity contribution >= 4 is 23.0 Å². The second-order valence-corrected chi connectivity index (χ2v) is 9.14. The molecule has 0 fully saturated rings. The highest BCUT2D eigenvalue weighted by molar-refractivity contribution is 6.16. The first-order chi connectivity index (χ1) is 20.1. The molecule has 2 aromatic carbocycles. The zero-order chi connectivity index (χ0) is 30.1. The van der Waals surface area contributed by atoms with E-state index in [4.69, 9.17) is 15.9 Å². The van der Waals surface area contributed by atoms with Gasteiger partial charge < -0.3 is 15.8 Å². The molecule has 0 spiro atoms. The highest BCUT2D eigenvalue weighted by Crippen LogP contribution is 2.31. The lowest BCUT2D eigenvalue weighted by molar-refractivity contribution is 0.385. The Morgan fingerprint density at radius 2 is 1.93 bits per heavy atom. The number of methoxy groups -OCH3 is 1. The van der Waals surface area contributed by atoms with Gasteiger partial charge in [-0.25, -0.2) is 28.1 Å². The molecule has 0 radical (unpaired) electrons. The van der Waals surface area contributed by atoms with Gasteiger partial charge in [0.2, 0.25) is 0 Å². The van der Waals surface area contributed by atoms with E-state index in [1.54, 1.807) is 6.92 Å². The Balaban J connectivity index is 1.64. The summed E-state index contributed by atoms with van der Waals surface area (Å²) in [5.74, 6) is -2.45. The Kier molecular flexibility index (Phi) is 7.28. The predicted octanol–water partition coefficient (Wildman–Crippen LogP) is 4.62. The fourth-order valence-corrected chi connectivity index (χ4v) is 4.56. The zero-order valence-electron chi connectivity index (χ0n) is 22.1. The number of halogens is 3. The van der Waals surface area contributed by atoms with Crippen LogP contribution in [0.4, 0.5) is 24.8 Å². The molecule has 3 aromatic heterocycles. The van der Waals surface area contributed by atoms with E-state index < -0.39 is 29.1 Å². The molecule has 0 aliphatic carbocycles. The van der Waals surface area contributed by atoms with Crippen molar-refractivity contribution in [3.63, 3.8) is 0 Å². The largest absolute Gasteiger partial charge is 0.492 e. The van der Waals surface area contributed by atoms with E-state index in [0.717, 1.165) is 35.1 Å². The van der Waals surface area contributed by atoms with Gasteiger partial charge in [-0.3, -0.25) is 14.6 Å². The number of hydrogen-bond donors (Lipinski definition) is 3. The Labute approximate surface area is 236 Å². The molecule has 42 heavy (non-hydrogen) atoms. The van der Waals surface area contributed by atoms with E-state index in [1.807, 2.05) is 6.07 Å². The fraction of sp³-hybridized carbons (Fsp3) is 0.103. The van der Waals surface area contributed by atoms with Crippen molar-refractivity contribution in [3.8, 4) is 22.9 Å². The molecule has 10 nitrogen and oxygen atoms in total. The van der Waals surface area contributed by atoms with Crippen molar-refractivity contribution in [2.45, 2.75) is 13.0 Å². The van der Waals surface area contributed by atoms with Gasteiger partial charge in [-0.1, -0.05) is 12.1 Å². The first kappa shape index (κ1) is 27.8. The van der Waals surface area contributed by atoms with Crippen molar-refractivity contribution in [1.82, 2.24) is 19.4 Å². The van der Waals surface area contributed by atoms with Crippen molar-refractivity contribution in [2.75, 3.05) is 18.2 Å². The molecule has 210 valence electrons. The molecule has 0 amide bonds. The summed E-state index contributed by atoms with van der Waals surface area (Å²) in [6.45, 7) is 1.65. The number of nitrogens with one attached hydrogen (secondary N) is 2. The quantitative estimate of drug-likeness (QED) is 0.240. The molecule has 0 aliphatic rings. The molecule has 5 aromatic rings. The maximum Gasteiger partial charge on any atom is 0.266 e. The SMILES string of the molecule is COc1c(F)cc(C(=N)c2c(N)ncnc2N[C@H](C)c2nc3ccc(F)cn3c(=O)c2-c2cccc(F)c2)cc1C#N. The molecular weight excluding hydrogens is 549 g/mol. The average molecular weight is 571 g/mol. The number of rotatable bonds is 7. The van der Waals surface area contributed by atoms with Crippen LogP contribution in [-0.2, 0) is 0 Å². The van der Waals surface area contributed by atoms with Crippen LogP contribution >= 0.6 is 0 Å². The van der Waals surface area contributed by atoms with Crippen LogP contribution in [0, 0.1) is 34.2 Å². The monoisotopic (exact) mass is 570 g/mol. The van der Waals surface area contributed by atoms with Gasteiger partial charge in [-0.2, -0.15) is 5.26 Å². The van der Waals surface area contributed by atoms with Gasteiger partial charge in [-0.15, -0.1) is 0 Å². The van der Waals surface area contributed by atoms with Crippen LogP contribution in [0.15, 0.2) is 65.8 Å². The number of nitrogen functional groups attached to an aromatic ring is 1. The predicted molar refractivity (Wildman–Crippen MR) is 149 cm³/mol. The number of anilines is 2. The summed E-state index contributed by atoms with van der Waals surface area (Å²) in [7, 11) is 1.22. The molecule has 0 aliphatic heterocycles. The van der Waals surface area contributed by atoms with Crippen LogP contribution in [0.5, 0.6) is 5.75 Å². The van der Waals surface area contributed by atoms with Gasteiger partial charge in [0, 0.05) is 11.8 Å². The van der Waals surface area contributed by atoms with Gasteiger partial charge in [-0.05, 0) is 48.9 Å². The van der Waals surface area contributed by atoms with Gasteiger partial charge in [0.15, 0.2) is 11.6 Å². The number of ether oxygens (including phenoxy) is 1. The maximum atomic E-state index is 14.7. The minimum Gasteiger partial charge on any atom is -0.492 e. The van der Waals surface area contributed by atoms with Crippen LogP contribution in [-0.4, -0.2) is 32.2 Å². The molecule has 0 bridgehead atoms. The van der Waals surface area contributed by atoms with E-state index in [1.165, 1.54) is 37.4 Å². The Hall–Kier alpha value is -5.77. The standard InChI is InChI=1S/C29H21F3N8O2/c1-14(25-22(15-4-3-5-18(30)9-15)29(41)40-12-19(31)6-7-21(40)39-25)38-28-23(27(35)36-13-37-28)24(34)16-8-17(11-33)26(42-2)20(32)10-16/h3-10,12-14,34H,1-2H3,(H3,35,36,37,38)/t14-/m1/s1. The second-order valence-electron chi connectivity index (χ2n) is 9.14. The molecule has 0 unspecified atom stereocenters. The first-order valence-corrected chi connectivity index (χ1v) is 12.3. The molecule has 0 saturated carbocycles. The van der Waals surface area contributed by atoms with E-state index in [0.29, 0.717) is 0 Å².